The van der Waals surface area contributed by atoms with Crippen molar-refractivity contribution >= 4 is 47.6 Å². The van der Waals surface area contributed by atoms with Crippen molar-refractivity contribution in [3.8, 4) is 12.3 Å². The predicted molar refractivity (Wildman–Crippen MR) is 87.0 cm³/mol. The molecule has 0 unspecified atom stereocenters. The normalized spacial score (nSPS) is 10.8. The lowest BCUT2D eigenvalue weighted by Gasteiger charge is -2.10. The Kier molecular flexibility index (Phi) is 4.53. The Morgan fingerprint density at radius 3 is 2.50 bits per heavy atom. The van der Waals surface area contributed by atoms with Crippen LogP contribution in [0.5, 0.6) is 0 Å². The van der Waals surface area contributed by atoms with E-state index < -0.39 is 10.0 Å². The first kappa shape index (κ1) is 15.1. The van der Waals surface area contributed by atoms with Gasteiger partial charge in [0.1, 0.15) is 4.90 Å². The molecule has 1 N–H and O–H groups in total. The second kappa shape index (κ2) is 6.00. The molecule has 0 saturated carbocycles. The van der Waals surface area contributed by atoms with E-state index in [0.29, 0.717) is 15.7 Å². The number of nitrogens with one attached hydrogen (secondary N) is 1. The summed E-state index contributed by atoms with van der Waals surface area (Å²) in [6.45, 7) is 0. The molecule has 2 rings (SSSR count). The fourth-order valence-electron chi connectivity index (χ4n) is 1.58. The van der Waals surface area contributed by atoms with Gasteiger partial charge in [-0.15, -0.1) is 6.42 Å². The van der Waals surface area contributed by atoms with Gasteiger partial charge in [0, 0.05) is 14.5 Å². The van der Waals surface area contributed by atoms with Gasteiger partial charge in [0.05, 0.1) is 5.69 Å². The molecule has 0 radical (unpaired) electrons. The molecule has 0 fully saturated rings. The van der Waals surface area contributed by atoms with E-state index in [2.05, 4.69) is 42.5 Å². The van der Waals surface area contributed by atoms with Crippen molar-refractivity contribution < 1.29 is 8.42 Å². The van der Waals surface area contributed by atoms with Crippen LogP contribution in [0.15, 0.2) is 56.3 Å². The Labute approximate surface area is 134 Å². The molecule has 2 aromatic rings. The Balaban J connectivity index is 2.38. The Morgan fingerprint density at radius 2 is 1.85 bits per heavy atom. The smallest absolute Gasteiger partial charge is 0.263 e. The highest BCUT2D eigenvalue weighted by atomic mass is 79.9. The van der Waals surface area contributed by atoms with Gasteiger partial charge >= 0.3 is 0 Å². The lowest BCUT2D eigenvalue weighted by Crippen LogP contribution is -2.13. The summed E-state index contributed by atoms with van der Waals surface area (Å²) in [6.07, 6.45) is 5.29. The third kappa shape index (κ3) is 3.42. The number of rotatable bonds is 3. The number of hydrogen-bond donors (Lipinski definition) is 1. The van der Waals surface area contributed by atoms with Crippen LogP contribution in [0.1, 0.15) is 5.56 Å². The number of terminal acetylenes is 1. The number of anilines is 1. The lowest BCUT2D eigenvalue weighted by molar-refractivity contribution is 0.600. The van der Waals surface area contributed by atoms with Crippen molar-refractivity contribution in [3.05, 3.63) is 57.0 Å². The second-order valence-corrected chi connectivity index (χ2v) is 7.33. The third-order valence-electron chi connectivity index (χ3n) is 2.46. The number of sulfonamides is 1. The SMILES string of the molecule is C#Cc1cccc(NS(=O)(=O)c2ccc(Br)cc2Br)c1. The molecule has 20 heavy (non-hydrogen) atoms. The lowest BCUT2D eigenvalue weighted by atomic mass is 10.2. The van der Waals surface area contributed by atoms with E-state index in [-0.39, 0.29) is 4.90 Å². The fourth-order valence-corrected chi connectivity index (χ4v) is 4.37. The van der Waals surface area contributed by atoms with E-state index in [1.165, 1.54) is 6.07 Å². The van der Waals surface area contributed by atoms with Gasteiger partial charge in [-0.3, -0.25) is 4.72 Å². The molecule has 0 bridgehead atoms. The van der Waals surface area contributed by atoms with Crippen LogP contribution in [0.3, 0.4) is 0 Å². The number of hydrogen-bond acceptors (Lipinski definition) is 2. The molecular weight excluding hydrogens is 406 g/mol. The minimum Gasteiger partial charge on any atom is -0.280 e. The van der Waals surface area contributed by atoms with Crippen molar-refractivity contribution in [2.45, 2.75) is 4.90 Å². The van der Waals surface area contributed by atoms with Gasteiger partial charge in [-0.25, -0.2) is 8.42 Å². The molecule has 3 nitrogen and oxygen atoms in total. The molecule has 102 valence electrons. The summed E-state index contributed by atoms with van der Waals surface area (Å²) in [5.41, 5.74) is 1.04. The third-order valence-corrected chi connectivity index (χ3v) is 5.32. The zero-order chi connectivity index (χ0) is 14.8. The molecule has 0 atom stereocenters. The van der Waals surface area contributed by atoms with Crippen molar-refractivity contribution in [3.63, 3.8) is 0 Å². The Bertz CT molecular complexity index is 795. The fraction of sp³-hybridized carbons (Fsp3) is 0. The van der Waals surface area contributed by atoms with Crippen LogP contribution in [-0.2, 0) is 10.0 Å². The maximum absolute atomic E-state index is 12.3. The Morgan fingerprint density at radius 1 is 1.10 bits per heavy atom. The molecular formula is C14H9Br2NO2S. The average molecular weight is 415 g/mol. The topological polar surface area (TPSA) is 46.2 Å². The monoisotopic (exact) mass is 413 g/mol. The summed E-state index contributed by atoms with van der Waals surface area (Å²) in [5, 5.41) is 0. The first-order valence-electron chi connectivity index (χ1n) is 5.47. The van der Waals surface area contributed by atoms with Gasteiger partial charge in [-0.1, -0.05) is 27.9 Å². The van der Waals surface area contributed by atoms with Crippen LogP contribution < -0.4 is 4.72 Å². The summed E-state index contributed by atoms with van der Waals surface area (Å²) in [4.78, 5) is 0.159. The summed E-state index contributed by atoms with van der Waals surface area (Å²) in [5.74, 6) is 2.46. The molecule has 0 aliphatic carbocycles. The maximum atomic E-state index is 12.3. The molecule has 0 spiro atoms. The number of halogens is 2. The van der Waals surface area contributed by atoms with Crippen molar-refractivity contribution in [2.24, 2.45) is 0 Å². The Hall–Kier alpha value is -1.29. The summed E-state index contributed by atoms with van der Waals surface area (Å²) >= 11 is 6.52. The highest BCUT2D eigenvalue weighted by Gasteiger charge is 2.17. The van der Waals surface area contributed by atoms with Crippen LogP contribution in [0, 0.1) is 12.3 Å². The van der Waals surface area contributed by atoms with Gasteiger partial charge in [0.2, 0.25) is 0 Å². The van der Waals surface area contributed by atoms with Gasteiger partial charge in [-0.05, 0) is 52.3 Å². The van der Waals surface area contributed by atoms with E-state index in [1.54, 1.807) is 36.4 Å². The average Bonchev–Trinajstić information content (AvgIpc) is 2.37. The molecule has 0 heterocycles. The van der Waals surface area contributed by atoms with Crippen LogP contribution in [0.25, 0.3) is 0 Å². The standard InChI is InChI=1S/C14H9Br2NO2S/c1-2-10-4-3-5-12(8-10)17-20(18,19)14-7-6-11(15)9-13(14)16/h1,3-9,17H. The molecule has 0 saturated heterocycles. The molecule has 0 aliphatic heterocycles. The van der Waals surface area contributed by atoms with Crippen LogP contribution in [0.2, 0.25) is 0 Å². The molecule has 0 amide bonds. The highest BCUT2D eigenvalue weighted by molar-refractivity contribution is 9.11. The molecule has 0 aromatic heterocycles. The molecule has 6 heteroatoms. The van der Waals surface area contributed by atoms with Crippen LogP contribution >= 0.6 is 31.9 Å². The van der Waals surface area contributed by atoms with Crippen LogP contribution in [-0.4, -0.2) is 8.42 Å². The molecule has 2 aromatic carbocycles. The van der Waals surface area contributed by atoms with E-state index in [1.807, 2.05) is 0 Å². The van der Waals surface area contributed by atoms with Gasteiger partial charge in [-0.2, -0.15) is 0 Å². The largest absolute Gasteiger partial charge is 0.280 e. The van der Waals surface area contributed by atoms with Crippen molar-refractivity contribution in [1.29, 1.82) is 0 Å². The molecule has 0 aliphatic rings. The number of benzene rings is 2. The highest BCUT2D eigenvalue weighted by Crippen LogP contribution is 2.27. The first-order valence-corrected chi connectivity index (χ1v) is 8.54. The van der Waals surface area contributed by atoms with E-state index in [0.717, 1.165) is 4.47 Å². The maximum Gasteiger partial charge on any atom is 0.263 e. The summed E-state index contributed by atoms with van der Waals surface area (Å²) < 4.78 is 28.4. The van der Waals surface area contributed by atoms with E-state index >= 15 is 0 Å². The van der Waals surface area contributed by atoms with E-state index in [9.17, 15) is 8.42 Å². The minimum atomic E-state index is -3.67. The van der Waals surface area contributed by atoms with E-state index in [4.69, 9.17) is 6.42 Å². The van der Waals surface area contributed by atoms with Gasteiger partial charge < -0.3 is 0 Å². The second-order valence-electron chi connectivity index (χ2n) is 3.91. The minimum absolute atomic E-state index is 0.159. The van der Waals surface area contributed by atoms with Crippen LogP contribution in [0.4, 0.5) is 5.69 Å². The zero-order valence-corrected chi connectivity index (χ0v) is 14.1. The van der Waals surface area contributed by atoms with Gasteiger partial charge in [0.15, 0.2) is 0 Å². The van der Waals surface area contributed by atoms with Gasteiger partial charge in [0.25, 0.3) is 10.0 Å². The summed E-state index contributed by atoms with van der Waals surface area (Å²) in [6, 6.07) is 11.5. The quantitative estimate of drug-likeness (QED) is 0.771. The zero-order valence-electron chi connectivity index (χ0n) is 10.1. The van der Waals surface area contributed by atoms with Crippen molar-refractivity contribution in [1.82, 2.24) is 0 Å². The predicted octanol–water partition coefficient (Wildman–Crippen LogP) is 3.99. The van der Waals surface area contributed by atoms with Crippen molar-refractivity contribution in [2.75, 3.05) is 4.72 Å². The first-order chi connectivity index (χ1) is 9.42. The summed E-state index contributed by atoms with van der Waals surface area (Å²) in [7, 11) is -3.67.